The first-order chi connectivity index (χ1) is 17.8. The summed E-state index contributed by atoms with van der Waals surface area (Å²) < 4.78 is 9.65. The summed E-state index contributed by atoms with van der Waals surface area (Å²) in [4.78, 5) is 35.5. The second-order valence-corrected chi connectivity index (χ2v) is 8.43. The number of rotatable bonds is 19. The molecule has 3 N–H and O–H groups in total. The van der Waals surface area contributed by atoms with Crippen LogP contribution in [0, 0.1) is 0 Å². The lowest BCUT2D eigenvalue weighted by Crippen LogP contribution is -2.47. The molecule has 0 heterocycles. The van der Waals surface area contributed by atoms with Crippen molar-refractivity contribution in [3.63, 3.8) is 0 Å². The first-order valence-corrected chi connectivity index (χ1v) is 13.1. The zero-order valence-electron chi connectivity index (χ0n) is 23.3. The number of hydrogen-bond acceptors (Lipinski definition) is 6. The van der Waals surface area contributed by atoms with Gasteiger partial charge in [-0.1, -0.05) is 79.8 Å². The molecule has 0 aromatic heterocycles. The van der Waals surface area contributed by atoms with E-state index in [1.54, 1.807) is 0 Å². The van der Waals surface area contributed by atoms with Gasteiger partial charge in [-0.3, -0.25) is 9.59 Å². The lowest BCUT2D eigenvalue weighted by atomic mass is 10.2. The van der Waals surface area contributed by atoms with Crippen LogP contribution in [0.25, 0.3) is 0 Å². The Morgan fingerprint density at radius 1 is 0.737 bits per heavy atom. The van der Waals surface area contributed by atoms with E-state index in [2.05, 4.69) is 77.7 Å². The summed E-state index contributed by atoms with van der Waals surface area (Å²) in [5.74, 6) is -1.59. The molecule has 0 spiro atoms. The number of hydrogen-bond donors (Lipinski definition) is 2. The molecule has 38 heavy (non-hydrogen) atoms. The van der Waals surface area contributed by atoms with Crippen LogP contribution >= 0.6 is 12.4 Å². The Morgan fingerprint density at radius 2 is 1.16 bits per heavy atom. The Balaban J connectivity index is 0. The number of methoxy groups -OCH3 is 1. The number of nitrogens with one attached hydrogen (secondary N) is 1. The van der Waals surface area contributed by atoms with Crippen LogP contribution in [0.15, 0.2) is 72.9 Å². The van der Waals surface area contributed by atoms with Crippen LogP contribution in [-0.4, -0.2) is 43.1 Å². The maximum atomic E-state index is 12.1. The van der Waals surface area contributed by atoms with E-state index < -0.39 is 30.1 Å². The van der Waals surface area contributed by atoms with Crippen LogP contribution in [-0.2, 0) is 23.9 Å². The fourth-order valence-electron chi connectivity index (χ4n) is 2.91. The predicted molar refractivity (Wildman–Crippen MR) is 158 cm³/mol. The van der Waals surface area contributed by atoms with Crippen molar-refractivity contribution in [2.45, 2.75) is 90.3 Å². The molecule has 0 fully saturated rings. The predicted octanol–water partition coefficient (Wildman–Crippen LogP) is 5.82. The number of halogens is 1. The van der Waals surface area contributed by atoms with Gasteiger partial charge in [0.15, 0.2) is 0 Å². The van der Waals surface area contributed by atoms with E-state index in [1.165, 1.54) is 21.0 Å². The average molecular weight is 551 g/mol. The number of esters is 2. The zero-order valence-corrected chi connectivity index (χ0v) is 24.2. The third-order valence-corrected chi connectivity index (χ3v) is 5.15. The molecule has 0 rings (SSSR count). The van der Waals surface area contributed by atoms with Crippen molar-refractivity contribution in [3.8, 4) is 0 Å². The Kier molecular flexibility index (Phi) is 25.2. The van der Waals surface area contributed by atoms with Crippen LogP contribution < -0.4 is 11.1 Å². The second kappa shape index (κ2) is 25.7. The molecule has 0 radical (unpaired) electrons. The molecule has 0 aliphatic rings. The highest BCUT2D eigenvalue weighted by Crippen LogP contribution is 2.03. The number of carbonyl (C=O) groups excluding carboxylic acids is 3. The van der Waals surface area contributed by atoms with Crippen LogP contribution in [0.2, 0.25) is 0 Å². The molecule has 0 aliphatic heterocycles. The Labute approximate surface area is 235 Å². The van der Waals surface area contributed by atoms with Crippen molar-refractivity contribution in [2.24, 2.45) is 5.73 Å². The fraction of sp³-hybridized carbons (Fsp3) is 0.500. The molecule has 0 aliphatic carbocycles. The normalized spacial score (nSPS) is 14.4. The number of nitrogens with two attached hydrogens (primary N) is 1. The summed E-state index contributed by atoms with van der Waals surface area (Å²) in [5.41, 5.74) is 5.64. The quantitative estimate of drug-likeness (QED) is 0.155. The summed E-state index contributed by atoms with van der Waals surface area (Å²) in [6.07, 6.45) is 31.2. The monoisotopic (exact) mass is 550 g/mol. The van der Waals surface area contributed by atoms with E-state index in [-0.39, 0.29) is 24.7 Å². The Hall–Kier alpha value is -2.90. The van der Waals surface area contributed by atoms with E-state index in [4.69, 9.17) is 10.5 Å². The molecule has 214 valence electrons. The van der Waals surface area contributed by atoms with Gasteiger partial charge in [0.2, 0.25) is 5.91 Å². The van der Waals surface area contributed by atoms with Crippen molar-refractivity contribution >= 4 is 30.3 Å². The first kappa shape index (κ1) is 37.3. The largest absolute Gasteiger partial charge is 0.468 e. The van der Waals surface area contributed by atoms with Gasteiger partial charge in [0.1, 0.15) is 18.2 Å². The van der Waals surface area contributed by atoms with Crippen LogP contribution in [0.5, 0.6) is 0 Å². The highest BCUT2D eigenvalue weighted by molar-refractivity contribution is 5.85. The summed E-state index contributed by atoms with van der Waals surface area (Å²) in [7, 11) is 1.21. The van der Waals surface area contributed by atoms with Crippen molar-refractivity contribution < 1.29 is 23.9 Å². The third-order valence-electron chi connectivity index (χ3n) is 5.15. The molecule has 0 saturated carbocycles. The van der Waals surface area contributed by atoms with E-state index in [1.807, 2.05) is 12.2 Å². The van der Waals surface area contributed by atoms with Gasteiger partial charge in [-0.25, -0.2) is 4.79 Å². The molecule has 0 aromatic rings. The highest BCUT2D eigenvalue weighted by Gasteiger charge is 2.27. The molecule has 0 bridgehead atoms. The molecule has 0 aromatic carbocycles. The molecule has 1 amide bonds. The van der Waals surface area contributed by atoms with E-state index in [9.17, 15) is 14.4 Å². The van der Waals surface area contributed by atoms with Crippen LogP contribution in [0.4, 0.5) is 0 Å². The van der Waals surface area contributed by atoms with Crippen molar-refractivity contribution in [3.05, 3.63) is 72.9 Å². The number of allylic oxidation sites excluding steroid dienone is 12. The number of carbonyl (C=O) groups is 3. The molecular formula is C30H47ClN2O5. The van der Waals surface area contributed by atoms with Gasteiger partial charge < -0.3 is 20.5 Å². The molecule has 7 nitrogen and oxygen atoms in total. The van der Waals surface area contributed by atoms with Gasteiger partial charge in [0.05, 0.1) is 7.11 Å². The van der Waals surface area contributed by atoms with Gasteiger partial charge in [-0.05, 0) is 58.8 Å². The van der Waals surface area contributed by atoms with E-state index >= 15 is 0 Å². The molecule has 0 unspecified atom stereocenters. The van der Waals surface area contributed by atoms with Gasteiger partial charge in [-0.15, -0.1) is 12.4 Å². The molecule has 8 heteroatoms. The van der Waals surface area contributed by atoms with Crippen molar-refractivity contribution in [1.82, 2.24) is 5.32 Å². The van der Waals surface area contributed by atoms with Gasteiger partial charge >= 0.3 is 11.9 Å². The summed E-state index contributed by atoms with van der Waals surface area (Å²) in [6, 6.07) is -1.92. The number of ether oxygens (including phenoxy) is 2. The smallest absolute Gasteiger partial charge is 0.328 e. The highest BCUT2D eigenvalue weighted by atomic mass is 35.5. The minimum atomic E-state index is -1.08. The van der Waals surface area contributed by atoms with E-state index in [0.717, 1.165) is 38.5 Å². The van der Waals surface area contributed by atoms with Crippen molar-refractivity contribution in [2.75, 3.05) is 7.11 Å². The Morgan fingerprint density at radius 3 is 1.58 bits per heavy atom. The Bertz CT molecular complexity index is 830. The number of amides is 1. The lowest BCUT2D eigenvalue weighted by Gasteiger charge is -2.21. The first-order valence-electron chi connectivity index (χ1n) is 13.1. The summed E-state index contributed by atoms with van der Waals surface area (Å²) in [5, 5.41) is 2.59. The second-order valence-electron chi connectivity index (χ2n) is 8.43. The summed E-state index contributed by atoms with van der Waals surface area (Å²) in [6.45, 7) is 5.16. The summed E-state index contributed by atoms with van der Waals surface area (Å²) >= 11 is 0. The zero-order chi connectivity index (χ0) is 27.7. The fourth-order valence-corrected chi connectivity index (χ4v) is 2.91. The molecule has 0 saturated heterocycles. The maximum Gasteiger partial charge on any atom is 0.328 e. The maximum absolute atomic E-state index is 12.1. The van der Waals surface area contributed by atoms with Gasteiger partial charge in [-0.2, -0.15) is 0 Å². The van der Waals surface area contributed by atoms with Crippen LogP contribution in [0.3, 0.4) is 0 Å². The van der Waals surface area contributed by atoms with E-state index in [0.29, 0.717) is 6.42 Å². The minimum absolute atomic E-state index is 0. The van der Waals surface area contributed by atoms with Gasteiger partial charge in [0.25, 0.3) is 0 Å². The van der Waals surface area contributed by atoms with Crippen LogP contribution in [0.1, 0.15) is 72.1 Å². The lowest BCUT2D eigenvalue weighted by molar-refractivity contribution is -0.157. The average Bonchev–Trinajstić information content (AvgIpc) is 2.88. The molecule has 3 atom stereocenters. The minimum Gasteiger partial charge on any atom is -0.468 e. The third kappa shape index (κ3) is 21.2. The molecular weight excluding hydrogens is 504 g/mol. The van der Waals surface area contributed by atoms with Crippen molar-refractivity contribution in [1.29, 1.82) is 0 Å². The van der Waals surface area contributed by atoms with Gasteiger partial charge in [0, 0.05) is 6.42 Å². The SMILES string of the molecule is CC/C=C\C/C=C\C/C=C\C/C=C\C/C=C\C/C=C\CCC(=O)N[C@@H](C)C(=O)O[C@H](C)[C@H](N)C(=O)OC.Cl. The standard InChI is InChI=1S/C30H46N2O5.ClH/c1-5-6-7-8-9-10-11-12-13-14-15-16-17-18-19-20-21-22-23-24-27(33)32-25(2)29(34)37-26(3)28(31)30(35)36-4;/h6-7,9-10,12-13,15-16,18-19,21-22,25-26,28H,5,8,11,14,17,20,23-24,31H2,1-4H3,(H,32,33);1H/b7-6-,10-9-,13-12-,16-15-,19-18-,22-21-;/t25-,26+,28-;/m0./s1. The topological polar surface area (TPSA) is 108 Å².